The number of carbonyl (C=O) groups is 1. The van der Waals surface area contributed by atoms with Crippen LogP contribution >= 0.6 is 0 Å². The first-order chi connectivity index (χ1) is 16.0. The number of amides is 1. The molecule has 2 rings (SSSR count). The van der Waals surface area contributed by atoms with Gasteiger partial charge >= 0.3 is 6.09 Å². The lowest BCUT2D eigenvalue weighted by Gasteiger charge is -2.36. The van der Waals surface area contributed by atoms with Gasteiger partial charge in [0.1, 0.15) is 17.4 Å². The summed E-state index contributed by atoms with van der Waals surface area (Å²) in [7, 11) is 0. The predicted molar refractivity (Wildman–Crippen MR) is 137 cm³/mol. The average molecular weight is 477 g/mol. The Bertz CT molecular complexity index is 744. The van der Waals surface area contributed by atoms with Crippen molar-refractivity contribution in [3.63, 3.8) is 0 Å². The molecule has 2 atom stereocenters. The van der Waals surface area contributed by atoms with E-state index in [1.807, 2.05) is 52.8 Å². The Labute approximate surface area is 207 Å². The van der Waals surface area contributed by atoms with Crippen LogP contribution in [0.15, 0.2) is 18.2 Å². The Kier molecular flexibility index (Phi) is 11.3. The molecule has 0 radical (unpaired) electrons. The zero-order valence-corrected chi connectivity index (χ0v) is 22.4. The largest absolute Gasteiger partial charge is 0.444 e. The van der Waals surface area contributed by atoms with Crippen molar-refractivity contribution in [3.05, 3.63) is 29.6 Å². The molecule has 34 heavy (non-hydrogen) atoms. The van der Waals surface area contributed by atoms with Gasteiger partial charge in [0.25, 0.3) is 0 Å². The Hall–Kier alpha value is -1.66. The van der Waals surface area contributed by atoms with Crippen molar-refractivity contribution in [2.75, 3.05) is 6.61 Å². The molecule has 2 heterocycles. The molecule has 1 aromatic rings. The molecule has 194 valence electrons. The zero-order valence-electron chi connectivity index (χ0n) is 22.4. The SMILES string of the molecule is CCCCCCCCCCCCc1cccc([C@H](O)[C@@H]2COC(C)(C)N2C(=O)OC(C)(C)C)n1. The van der Waals surface area contributed by atoms with Crippen LogP contribution in [0.4, 0.5) is 4.79 Å². The Balaban J connectivity index is 1.86. The van der Waals surface area contributed by atoms with Crippen LogP contribution in [0.3, 0.4) is 0 Å². The molecule has 1 saturated heterocycles. The molecule has 1 aliphatic rings. The number of rotatable bonds is 13. The molecule has 0 bridgehead atoms. The van der Waals surface area contributed by atoms with Crippen molar-refractivity contribution in [1.29, 1.82) is 0 Å². The summed E-state index contributed by atoms with van der Waals surface area (Å²) in [5.74, 6) is 0. The molecule has 1 fully saturated rings. The van der Waals surface area contributed by atoms with Crippen molar-refractivity contribution >= 4 is 6.09 Å². The van der Waals surface area contributed by atoms with Gasteiger partial charge in [-0.2, -0.15) is 0 Å². The van der Waals surface area contributed by atoms with Crippen molar-refractivity contribution in [1.82, 2.24) is 9.88 Å². The van der Waals surface area contributed by atoms with Gasteiger partial charge in [-0.25, -0.2) is 4.79 Å². The summed E-state index contributed by atoms with van der Waals surface area (Å²) in [6, 6.07) is 5.23. The summed E-state index contributed by atoms with van der Waals surface area (Å²) in [6.07, 6.45) is 12.5. The summed E-state index contributed by atoms with van der Waals surface area (Å²) in [6.45, 7) is 11.6. The van der Waals surface area contributed by atoms with Gasteiger partial charge in [0.05, 0.1) is 18.3 Å². The second-order valence-corrected chi connectivity index (χ2v) is 11.1. The number of aryl methyl sites for hydroxylation is 1. The van der Waals surface area contributed by atoms with Crippen LogP contribution in [0.5, 0.6) is 0 Å². The van der Waals surface area contributed by atoms with E-state index in [2.05, 4.69) is 6.92 Å². The quantitative estimate of drug-likeness (QED) is 0.312. The van der Waals surface area contributed by atoms with Crippen LogP contribution in [0, 0.1) is 0 Å². The number of unbranched alkanes of at least 4 members (excludes halogenated alkanes) is 9. The van der Waals surface area contributed by atoms with Gasteiger partial charge in [0.15, 0.2) is 0 Å². The third-order valence-corrected chi connectivity index (χ3v) is 6.39. The third-order valence-electron chi connectivity index (χ3n) is 6.39. The first-order valence-corrected chi connectivity index (χ1v) is 13.4. The maximum Gasteiger partial charge on any atom is 0.413 e. The van der Waals surface area contributed by atoms with Crippen molar-refractivity contribution < 1.29 is 19.4 Å². The van der Waals surface area contributed by atoms with Gasteiger partial charge in [0, 0.05) is 5.69 Å². The standard InChI is InChI=1S/C28H48N2O4/c1-7-8-9-10-11-12-13-14-15-16-18-22-19-17-20-23(29-22)25(31)24-21-33-28(5,6)30(24)26(32)34-27(2,3)4/h17,19-20,24-25,31H,7-16,18,21H2,1-6H3/t24-,25-/m0/s1. The Morgan fingerprint density at radius 2 is 1.71 bits per heavy atom. The highest BCUT2D eigenvalue weighted by Crippen LogP contribution is 2.35. The van der Waals surface area contributed by atoms with E-state index in [-0.39, 0.29) is 6.61 Å². The number of nitrogens with zero attached hydrogens (tertiary/aromatic N) is 2. The van der Waals surface area contributed by atoms with Crippen LogP contribution in [0.25, 0.3) is 0 Å². The van der Waals surface area contributed by atoms with E-state index in [9.17, 15) is 9.90 Å². The van der Waals surface area contributed by atoms with Crippen LogP contribution in [0.2, 0.25) is 0 Å². The maximum atomic E-state index is 12.9. The van der Waals surface area contributed by atoms with Crippen LogP contribution < -0.4 is 0 Å². The Morgan fingerprint density at radius 3 is 2.29 bits per heavy atom. The van der Waals surface area contributed by atoms with E-state index in [1.54, 1.807) is 0 Å². The van der Waals surface area contributed by atoms with Gasteiger partial charge < -0.3 is 14.6 Å². The maximum absolute atomic E-state index is 12.9. The fourth-order valence-corrected chi connectivity index (χ4v) is 4.52. The fourth-order valence-electron chi connectivity index (χ4n) is 4.52. The molecule has 0 aromatic carbocycles. The van der Waals surface area contributed by atoms with E-state index in [4.69, 9.17) is 14.5 Å². The van der Waals surface area contributed by atoms with Gasteiger partial charge in [-0.1, -0.05) is 70.8 Å². The topological polar surface area (TPSA) is 71.9 Å². The minimum atomic E-state index is -0.943. The molecule has 0 spiro atoms. The number of aromatic nitrogens is 1. The normalized spacial score (nSPS) is 18.8. The smallest absolute Gasteiger partial charge is 0.413 e. The van der Waals surface area contributed by atoms with Gasteiger partial charge in [-0.15, -0.1) is 0 Å². The van der Waals surface area contributed by atoms with E-state index in [0.29, 0.717) is 5.69 Å². The minimum Gasteiger partial charge on any atom is -0.444 e. The van der Waals surface area contributed by atoms with Crippen molar-refractivity contribution in [2.45, 2.75) is 136 Å². The third kappa shape index (κ3) is 9.18. The molecule has 6 heteroatoms. The number of hydrogen-bond acceptors (Lipinski definition) is 5. The molecular formula is C28H48N2O4. The monoisotopic (exact) mass is 476 g/mol. The van der Waals surface area contributed by atoms with Crippen molar-refractivity contribution in [2.24, 2.45) is 0 Å². The molecular weight excluding hydrogens is 428 g/mol. The molecule has 0 saturated carbocycles. The average Bonchev–Trinajstić information content (AvgIpc) is 3.08. The summed E-state index contributed by atoms with van der Waals surface area (Å²) in [4.78, 5) is 19.1. The van der Waals surface area contributed by atoms with Gasteiger partial charge in [-0.3, -0.25) is 9.88 Å². The summed E-state index contributed by atoms with van der Waals surface area (Å²) >= 11 is 0. The molecule has 6 nitrogen and oxygen atoms in total. The zero-order chi connectivity index (χ0) is 25.2. The first-order valence-electron chi connectivity index (χ1n) is 13.4. The highest BCUT2D eigenvalue weighted by molar-refractivity contribution is 5.70. The molecule has 1 amide bonds. The number of ether oxygens (including phenoxy) is 2. The number of carbonyl (C=O) groups excluding carboxylic acids is 1. The van der Waals surface area contributed by atoms with E-state index < -0.39 is 29.6 Å². The summed E-state index contributed by atoms with van der Waals surface area (Å²) < 4.78 is 11.4. The van der Waals surface area contributed by atoms with E-state index in [1.165, 1.54) is 62.7 Å². The van der Waals surface area contributed by atoms with Crippen LogP contribution in [-0.2, 0) is 15.9 Å². The molecule has 0 unspecified atom stereocenters. The second kappa shape index (κ2) is 13.4. The molecule has 0 aliphatic carbocycles. The molecule has 1 aromatic heterocycles. The summed E-state index contributed by atoms with van der Waals surface area (Å²) in [5, 5.41) is 11.1. The first kappa shape index (κ1) is 28.6. The van der Waals surface area contributed by atoms with E-state index >= 15 is 0 Å². The second-order valence-electron chi connectivity index (χ2n) is 11.1. The number of aliphatic hydroxyl groups is 1. The number of pyridine rings is 1. The minimum absolute atomic E-state index is 0.234. The predicted octanol–water partition coefficient (Wildman–Crippen LogP) is 6.95. The van der Waals surface area contributed by atoms with Crippen LogP contribution in [0.1, 0.15) is 123 Å². The lowest BCUT2D eigenvalue weighted by atomic mass is 10.0. The highest BCUT2D eigenvalue weighted by atomic mass is 16.6. The van der Waals surface area contributed by atoms with Crippen molar-refractivity contribution in [3.8, 4) is 0 Å². The van der Waals surface area contributed by atoms with Gasteiger partial charge in [-0.05, 0) is 59.6 Å². The highest BCUT2D eigenvalue weighted by Gasteiger charge is 2.49. The molecule has 1 N–H and O–H groups in total. The fraction of sp³-hybridized carbons (Fsp3) is 0.786. The van der Waals surface area contributed by atoms with Gasteiger partial charge in [0.2, 0.25) is 0 Å². The summed E-state index contributed by atoms with van der Waals surface area (Å²) in [5.41, 5.74) is 0.0719. The van der Waals surface area contributed by atoms with Crippen LogP contribution in [-0.4, -0.2) is 45.1 Å². The Morgan fingerprint density at radius 1 is 1.12 bits per heavy atom. The van der Waals surface area contributed by atoms with E-state index in [0.717, 1.165) is 18.5 Å². The lowest BCUT2D eigenvalue weighted by molar-refractivity contribution is -0.0681. The lowest BCUT2D eigenvalue weighted by Crippen LogP contribution is -2.51. The number of hydrogen-bond donors (Lipinski definition) is 1. The molecule has 1 aliphatic heterocycles. The number of aliphatic hydroxyl groups excluding tert-OH is 1.